The number of carbonyl (C=O) groups excluding carboxylic acids is 3. The van der Waals surface area contributed by atoms with E-state index in [4.69, 9.17) is 21.1 Å². The number of esters is 1. The summed E-state index contributed by atoms with van der Waals surface area (Å²) < 4.78 is 24.8. The van der Waals surface area contributed by atoms with E-state index in [-0.39, 0.29) is 36.9 Å². The monoisotopic (exact) mass is 641 g/mol. The highest BCUT2D eigenvalue weighted by Gasteiger charge is 2.33. The summed E-state index contributed by atoms with van der Waals surface area (Å²) in [5.41, 5.74) is 1.68. The molecule has 45 heavy (non-hydrogen) atoms. The summed E-state index contributed by atoms with van der Waals surface area (Å²) in [4.78, 5) is 45.5. The number of ether oxygens (including phenoxy) is 2. The second-order valence-corrected chi connectivity index (χ2v) is 12.0. The topological polar surface area (TPSA) is 139 Å². The fourth-order valence-electron chi connectivity index (χ4n) is 4.74. The highest BCUT2D eigenvalue weighted by atomic mass is 35.5. The Bertz CT molecular complexity index is 1550. The Morgan fingerprint density at radius 3 is 2.62 bits per heavy atom. The molecule has 2 N–H and O–H groups in total. The highest BCUT2D eigenvalue weighted by Crippen LogP contribution is 2.28. The van der Waals surface area contributed by atoms with Crippen LogP contribution < -0.4 is 10.6 Å². The van der Waals surface area contributed by atoms with Gasteiger partial charge in [-0.2, -0.15) is 10.2 Å². The minimum Gasteiger partial charge on any atom is -0.469 e. The van der Waals surface area contributed by atoms with Crippen molar-refractivity contribution in [2.24, 2.45) is 0 Å². The van der Waals surface area contributed by atoms with Gasteiger partial charge in [0.1, 0.15) is 17.2 Å². The van der Waals surface area contributed by atoms with Gasteiger partial charge in [-0.3, -0.25) is 14.5 Å². The van der Waals surface area contributed by atoms with E-state index in [1.54, 1.807) is 57.0 Å². The van der Waals surface area contributed by atoms with Crippen molar-refractivity contribution >= 4 is 46.8 Å². The number of carbonyl (C=O) groups is 3. The second-order valence-electron chi connectivity index (χ2n) is 11.6. The summed E-state index contributed by atoms with van der Waals surface area (Å²) in [5, 5.41) is 14.7. The molecule has 1 atom stereocenters. The molecule has 240 valence electrons. The van der Waals surface area contributed by atoms with Crippen molar-refractivity contribution in [1.82, 2.24) is 25.0 Å². The molecule has 2 amide bonds. The van der Waals surface area contributed by atoms with Crippen LogP contribution in [-0.2, 0) is 19.1 Å². The predicted molar refractivity (Wildman–Crippen MR) is 168 cm³/mol. The zero-order valence-electron chi connectivity index (χ0n) is 25.9. The van der Waals surface area contributed by atoms with E-state index in [1.807, 2.05) is 4.90 Å². The van der Waals surface area contributed by atoms with Crippen LogP contribution in [-0.4, -0.2) is 87.9 Å². The summed E-state index contributed by atoms with van der Waals surface area (Å²) in [6.07, 6.45) is 1.30. The van der Waals surface area contributed by atoms with Crippen molar-refractivity contribution in [2.75, 3.05) is 43.9 Å². The Morgan fingerprint density at radius 2 is 1.89 bits per heavy atom. The van der Waals surface area contributed by atoms with Crippen LogP contribution in [0.4, 0.5) is 26.4 Å². The number of hydrogen-bond donors (Lipinski definition) is 2. The van der Waals surface area contributed by atoms with Gasteiger partial charge in [-0.1, -0.05) is 11.6 Å². The van der Waals surface area contributed by atoms with Crippen molar-refractivity contribution in [3.8, 4) is 11.3 Å². The van der Waals surface area contributed by atoms with Crippen LogP contribution in [0.3, 0.4) is 0 Å². The number of piperazine rings is 1. The summed E-state index contributed by atoms with van der Waals surface area (Å²) in [5.74, 6) is -0.824. The second kappa shape index (κ2) is 14.6. The number of hydrogen-bond acceptors (Lipinski definition) is 10. The number of nitrogens with one attached hydrogen (secondary N) is 2. The Kier molecular flexibility index (Phi) is 10.9. The first-order valence-electron chi connectivity index (χ1n) is 14.4. The number of benzene rings is 1. The van der Waals surface area contributed by atoms with Gasteiger partial charge in [0.2, 0.25) is 5.91 Å². The maximum absolute atomic E-state index is 14.4. The third kappa shape index (κ3) is 9.56. The lowest BCUT2D eigenvalue weighted by molar-refractivity contribution is -0.142. The lowest BCUT2D eigenvalue weighted by atomic mass is 10.1. The molecule has 3 aromatic rings. The number of nitrogens with zero attached hydrogens (tertiary/aromatic N) is 5. The molecule has 1 aliphatic heterocycles. The van der Waals surface area contributed by atoms with Gasteiger partial charge in [0.15, 0.2) is 0 Å². The van der Waals surface area contributed by atoms with E-state index in [0.717, 1.165) is 0 Å². The molecule has 0 spiro atoms. The Hall–Kier alpha value is -4.36. The fraction of sp³-hybridized carbons (Fsp3) is 0.419. The van der Waals surface area contributed by atoms with E-state index in [1.165, 1.54) is 25.3 Å². The quantitative estimate of drug-likeness (QED) is 0.300. The number of aryl methyl sites for hydroxylation is 1. The first-order valence-corrected chi connectivity index (χ1v) is 14.8. The third-order valence-corrected chi connectivity index (χ3v) is 7.24. The Morgan fingerprint density at radius 1 is 1.11 bits per heavy atom. The maximum Gasteiger partial charge on any atom is 0.410 e. The number of amides is 2. The number of aromatic nitrogens is 3. The average Bonchev–Trinajstić information content (AvgIpc) is 2.98. The molecule has 0 saturated carbocycles. The zero-order chi connectivity index (χ0) is 32.7. The molecular formula is C31H37ClFN7O5. The van der Waals surface area contributed by atoms with E-state index in [2.05, 4.69) is 25.8 Å². The summed E-state index contributed by atoms with van der Waals surface area (Å²) in [7, 11) is 1.31. The summed E-state index contributed by atoms with van der Waals surface area (Å²) >= 11 is 6.05. The molecule has 4 rings (SSSR count). The molecule has 12 nitrogen and oxygen atoms in total. The lowest BCUT2D eigenvalue weighted by Gasteiger charge is -2.41. The minimum absolute atomic E-state index is 0.0711. The maximum atomic E-state index is 14.4. The molecule has 3 heterocycles. The molecule has 0 bridgehead atoms. The fourth-order valence-corrected chi connectivity index (χ4v) is 4.91. The van der Waals surface area contributed by atoms with Crippen LogP contribution in [0.15, 0.2) is 42.6 Å². The summed E-state index contributed by atoms with van der Waals surface area (Å²) in [6, 6.07) is 8.93. The molecule has 1 unspecified atom stereocenters. The van der Waals surface area contributed by atoms with Crippen molar-refractivity contribution in [1.29, 1.82) is 0 Å². The molecule has 2 aromatic heterocycles. The number of halogens is 2. The number of methoxy groups -OCH3 is 1. The Balaban J connectivity index is 1.38. The van der Waals surface area contributed by atoms with Gasteiger partial charge in [-0.25, -0.2) is 14.2 Å². The standard InChI is InChI=1S/C31H37ClFN7O5/c1-19-25(17-26(38-37-19)23-14-20(32)6-7-24(23)33)35-21-8-10-34-27(15-21)36-28(41)9-11-39-12-13-40(30(43)45-31(2,3)4)18-22(39)16-29(42)44-5/h6-8,10,14-15,17,22H,9,11-13,16,18H2,1-5H3,(H2,34,35,36,38,41). The summed E-state index contributed by atoms with van der Waals surface area (Å²) in [6.45, 7) is 8.65. The first kappa shape index (κ1) is 33.5. The first-order chi connectivity index (χ1) is 21.3. The van der Waals surface area contributed by atoms with E-state index < -0.39 is 23.5 Å². The smallest absolute Gasteiger partial charge is 0.410 e. The van der Waals surface area contributed by atoms with Gasteiger partial charge in [0, 0.05) is 67.2 Å². The van der Waals surface area contributed by atoms with Crippen LogP contribution in [0.5, 0.6) is 0 Å². The van der Waals surface area contributed by atoms with E-state index >= 15 is 0 Å². The molecule has 14 heteroatoms. The van der Waals surface area contributed by atoms with Gasteiger partial charge in [0.25, 0.3) is 0 Å². The third-order valence-electron chi connectivity index (χ3n) is 7.00. The molecule has 1 fully saturated rings. The van der Waals surface area contributed by atoms with Crippen LogP contribution >= 0.6 is 11.6 Å². The molecule has 0 aliphatic carbocycles. The van der Waals surface area contributed by atoms with Crippen LogP contribution in [0.1, 0.15) is 39.3 Å². The minimum atomic E-state index is -0.641. The van der Waals surface area contributed by atoms with Gasteiger partial charge in [-0.15, -0.1) is 0 Å². The van der Waals surface area contributed by atoms with Gasteiger partial charge in [0.05, 0.1) is 30.6 Å². The van der Waals surface area contributed by atoms with Gasteiger partial charge < -0.3 is 25.0 Å². The molecule has 1 aromatic carbocycles. The van der Waals surface area contributed by atoms with Crippen LogP contribution in [0.2, 0.25) is 5.02 Å². The zero-order valence-corrected chi connectivity index (χ0v) is 26.7. The number of pyridine rings is 1. The lowest BCUT2D eigenvalue weighted by Crippen LogP contribution is -2.56. The van der Waals surface area contributed by atoms with Gasteiger partial charge in [-0.05, 0) is 58.0 Å². The predicted octanol–water partition coefficient (Wildman–Crippen LogP) is 5.20. The van der Waals surface area contributed by atoms with Crippen molar-refractivity contribution in [2.45, 2.75) is 52.2 Å². The van der Waals surface area contributed by atoms with E-state index in [0.29, 0.717) is 53.2 Å². The molecule has 0 radical (unpaired) electrons. The molecule has 1 aliphatic rings. The normalized spacial score (nSPS) is 15.4. The molecule has 1 saturated heterocycles. The molecular weight excluding hydrogens is 605 g/mol. The largest absolute Gasteiger partial charge is 0.469 e. The SMILES string of the molecule is COC(=O)CC1CN(C(=O)OC(C)(C)C)CCN1CCC(=O)Nc1cc(Nc2cc(-c3cc(Cl)ccc3F)nnc2C)ccn1. The number of anilines is 3. The van der Waals surface area contributed by atoms with Crippen LogP contribution in [0.25, 0.3) is 11.3 Å². The average molecular weight is 642 g/mol. The van der Waals surface area contributed by atoms with Crippen molar-refractivity contribution in [3.05, 3.63) is 59.1 Å². The van der Waals surface area contributed by atoms with Crippen molar-refractivity contribution in [3.63, 3.8) is 0 Å². The van der Waals surface area contributed by atoms with Gasteiger partial charge >= 0.3 is 12.1 Å². The highest BCUT2D eigenvalue weighted by molar-refractivity contribution is 6.30. The van der Waals surface area contributed by atoms with E-state index in [9.17, 15) is 18.8 Å². The number of rotatable bonds is 9. The van der Waals surface area contributed by atoms with Crippen LogP contribution in [0, 0.1) is 12.7 Å². The Labute approximate surface area is 266 Å². The van der Waals surface area contributed by atoms with Crippen molar-refractivity contribution < 1.29 is 28.2 Å².